The number of fused-ring (bicyclic) bond motifs is 1. The number of rotatable bonds is 7. The van der Waals surface area contributed by atoms with Crippen LogP contribution in [0.1, 0.15) is 33.2 Å². The zero-order valence-corrected chi connectivity index (χ0v) is 20.0. The molecule has 2 heterocycles. The van der Waals surface area contributed by atoms with E-state index in [0.717, 1.165) is 16.7 Å². The highest BCUT2D eigenvalue weighted by Gasteiger charge is 2.42. The molecule has 2 N–H and O–H groups in total. The fraction of sp³-hybridized carbons (Fsp3) is 0.185. The Bertz CT molecular complexity index is 1390. The number of methoxy groups -OCH3 is 2. The monoisotopic (exact) mass is 489 g/mol. The molecular formula is C27H24ClN3O4. The van der Waals surface area contributed by atoms with Crippen molar-refractivity contribution < 1.29 is 19.4 Å². The molecule has 3 aromatic carbocycles. The van der Waals surface area contributed by atoms with Crippen molar-refractivity contribution in [3.8, 4) is 28.5 Å². The summed E-state index contributed by atoms with van der Waals surface area (Å²) in [7, 11) is 3.20. The third-order valence-electron chi connectivity index (χ3n) is 6.28. The summed E-state index contributed by atoms with van der Waals surface area (Å²) in [4.78, 5) is 15.4. The number of halogens is 1. The summed E-state index contributed by atoms with van der Waals surface area (Å²) in [6.07, 6.45) is 0.616. The van der Waals surface area contributed by atoms with Crippen LogP contribution in [0.5, 0.6) is 17.2 Å². The highest BCUT2D eigenvalue weighted by Crippen LogP contribution is 2.45. The van der Waals surface area contributed by atoms with Gasteiger partial charge in [0.25, 0.3) is 5.91 Å². The first-order valence-corrected chi connectivity index (χ1v) is 11.5. The van der Waals surface area contributed by atoms with Gasteiger partial charge in [-0.1, -0.05) is 48.0 Å². The van der Waals surface area contributed by atoms with Crippen molar-refractivity contribution >= 4 is 17.5 Å². The van der Waals surface area contributed by atoms with Crippen LogP contribution in [0.3, 0.4) is 0 Å². The summed E-state index contributed by atoms with van der Waals surface area (Å²) < 4.78 is 10.8. The number of aromatic nitrogens is 2. The van der Waals surface area contributed by atoms with Crippen molar-refractivity contribution in [1.82, 2.24) is 15.1 Å². The Morgan fingerprint density at radius 2 is 1.80 bits per heavy atom. The number of nitrogens with one attached hydrogen (secondary N) is 1. The maximum Gasteiger partial charge on any atom is 0.273 e. The zero-order valence-electron chi connectivity index (χ0n) is 19.3. The number of amides is 1. The van der Waals surface area contributed by atoms with E-state index in [9.17, 15) is 9.90 Å². The Kier molecular flexibility index (Phi) is 6.09. The van der Waals surface area contributed by atoms with E-state index in [-0.39, 0.29) is 17.7 Å². The highest BCUT2D eigenvalue weighted by molar-refractivity contribution is 6.31. The molecule has 0 saturated carbocycles. The van der Waals surface area contributed by atoms with Crippen molar-refractivity contribution in [1.29, 1.82) is 0 Å². The summed E-state index contributed by atoms with van der Waals surface area (Å²) in [5.41, 5.74) is 4.10. The second-order valence-electron chi connectivity index (χ2n) is 8.27. The lowest BCUT2D eigenvalue weighted by molar-refractivity contribution is 0.0746. The van der Waals surface area contributed by atoms with Gasteiger partial charge < -0.3 is 19.5 Å². The average Bonchev–Trinajstić information content (AvgIpc) is 3.43. The first kappa shape index (κ1) is 22.8. The zero-order chi connectivity index (χ0) is 24.5. The molecule has 1 aliphatic rings. The molecular weight excluding hydrogens is 466 g/mol. The molecule has 1 unspecified atom stereocenters. The second-order valence-corrected chi connectivity index (χ2v) is 8.71. The van der Waals surface area contributed by atoms with Crippen LogP contribution in [0.2, 0.25) is 5.02 Å². The van der Waals surface area contributed by atoms with Crippen LogP contribution in [0.25, 0.3) is 11.3 Å². The number of H-pyrrole nitrogens is 1. The molecule has 7 nitrogen and oxygen atoms in total. The Morgan fingerprint density at radius 1 is 1.03 bits per heavy atom. The van der Waals surface area contributed by atoms with Gasteiger partial charge >= 0.3 is 0 Å². The van der Waals surface area contributed by atoms with Gasteiger partial charge in [-0.05, 0) is 47.9 Å². The number of carbonyl (C=O) groups is 1. The maximum atomic E-state index is 13.5. The molecule has 1 amide bonds. The highest BCUT2D eigenvalue weighted by atomic mass is 35.5. The lowest BCUT2D eigenvalue weighted by Gasteiger charge is -2.26. The largest absolute Gasteiger partial charge is 0.507 e. The number of hydrogen-bond donors (Lipinski definition) is 2. The Hall–Kier alpha value is -3.97. The van der Waals surface area contributed by atoms with Crippen LogP contribution in [-0.2, 0) is 6.42 Å². The summed E-state index contributed by atoms with van der Waals surface area (Å²) in [6.45, 7) is 0.470. The molecule has 4 aromatic rings. The van der Waals surface area contributed by atoms with Crippen LogP contribution in [-0.4, -0.2) is 46.9 Å². The van der Waals surface area contributed by atoms with Gasteiger partial charge in [0.15, 0.2) is 11.5 Å². The molecule has 0 radical (unpaired) electrons. The minimum Gasteiger partial charge on any atom is -0.507 e. The minimum atomic E-state index is -0.369. The van der Waals surface area contributed by atoms with Gasteiger partial charge in [0.05, 0.1) is 20.3 Å². The van der Waals surface area contributed by atoms with E-state index in [1.807, 2.05) is 53.4 Å². The maximum absolute atomic E-state index is 13.5. The average molecular weight is 490 g/mol. The number of aromatic hydroxyl groups is 1. The summed E-state index contributed by atoms with van der Waals surface area (Å²) >= 11 is 6.21. The normalized spacial score (nSPS) is 14.8. The Labute approximate surface area is 207 Å². The summed E-state index contributed by atoms with van der Waals surface area (Å²) in [5, 5.41) is 18.3. The minimum absolute atomic E-state index is 0.0479. The van der Waals surface area contributed by atoms with Gasteiger partial charge in [0, 0.05) is 22.7 Å². The third kappa shape index (κ3) is 4.08. The molecule has 0 aliphatic carbocycles. The number of benzene rings is 3. The predicted molar refractivity (Wildman–Crippen MR) is 133 cm³/mol. The molecule has 1 atom stereocenters. The number of aromatic amines is 1. The van der Waals surface area contributed by atoms with Crippen molar-refractivity contribution in [2.24, 2.45) is 0 Å². The molecule has 5 rings (SSSR count). The topological polar surface area (TPSA) is 87.7 Å². The fourth-order valence-corrected chi connectivity index (χ4v) is 4.77. The van der Waals surface area contributed by atoms with Crippen LogP contribution < -0.4 is 9.47 Å². The summed E-state index contributed by atoms with van der Waals surface area (Å²) in [5.74, 6) is 1.20. The molecule has 0 spiro atoms. The molecule has 0 bridgehead atoms. The van der Waals surface area contributed by atoms with E-state index >= 15 is 0 Å². The Balaban J connectivity index is 1.54. The standard InChI is InChI=1S/C27H24ClN3O4/c1-34-21-11-8-16(14-22(21)35-2)12-13-31-26(17-6-4-3-5-7-17)23-24(29-30-25(23)27(31)33)19-15-18(28)9-10-20(19)32/h3-11,14-15,26,32H,12-13H2,1-2H3,(H,29,30). The molecule has 0 saturated heterocycles. The van der Waals surface area contributed by atoms with Crippen molar-refractivity contribution in [3.63, 3.8) is 0 Å². The number of carbonyl (C=O) groups excluding carboxylic acids is 1. The van der Waals surface area contributed by atoms with Gasteiger partial charge in [-0.2, -0.15) is 5.10 Å². The van der Waals surface area contributed by atoms with Gasteiger partial charge in [-0.25, -0.2) is 0 Å². The third-order valence-corrected chi connectivity index (χ3v) is 6.52. The fourth-order valence-electron chi connectivity index (χ4n) is 4.60. The Morgan fingerprint density at radius 3 is 2.54 bits per heavy atom. The van der Waals surface area contributed by atoms with Crippen molar-refractivity contribution in [2.75, 3.05) is 20.8 Å². The van der Waals surface area contributed by atoms with Crippen molar-refractivity contribution in [3.05, 3.63) is 94.1 Å². The van der Waals surface area contributed by atoms with E-state index in [2.05, 4.69) is 10.2 Å². The van der Waals surface area contributed by atoms with Gasteiger partial charge in [-0.15, -0.1) is 0 Å². The lowest BCUT2D eigenvalue weighted by atomic mass is 9.95. The van der Waals surface area contributed by atoms with Crippen LogP contribution in [0.4, 0.5) is 0 Å². The molecule has 35 heavy (non-hydrogen) atoms. The van der Waals surface area contributed by atoms with Gasteiger partial charge in [-0.3, -0.25) is 9.89 Å². The first-order chi connectivity index (χ1) is 17.0. The smallest absolute Gasteiger partial charge is 0.273 e. The van der Waals surface area contributed by atoms with Gasteiger partial charge in [0.1, 0.15) is 17.1 Å². The molecule has 0 fully saturated rings. The first-order valence-electron chi connectivity index (χ1n) is 11.2. The number of phenolic OH excluding ortho intramolecular Hbond substituents is 1. The van der Waals surface area contributed by atoms with E-state index in [4.69, 9.17) is 21.1 Å². The van der Waals surface area contributed by atoms with Crippen molar-refractivity contribution in [2.45, 2.75) is 12.5 Å². The number of phenols is 1. The van der Waals surface area contributed by atoms with E-state index < -0.39 is 0 Å². The molecule has 178 valence electrons. The van der Waals surface area contributed by atoms with Gasteiger partial charge in [0.2, 0.25) is 0 Å². The number of ether oxygens (including phenoxy) is 2. The number of hydrogen-bond acceptors (Lipinski definition) is 5. The van der Waals surface area contributed by atoms with E-state index in [0.29, 0.717) is 46.4 Å². The molecule has 1 aromatic heterocycles. The predicted octanol–water partition coefficient (Wildman–Crippen LogP) is 5.24. The molecule has 8 heteroatoms. The van der Waals surface area contributed by atoms with Crippen LogP contribution in [0, 0.1) is 0 Å². The lowest BCUT2D eigenvalue weighted by Crippen LogP contribution is -2.31. The van der Waals surface area contributed by atoms with E-state index in [1.165, 1.54) is 6.07 Å². The summed E-state index contributed by atoms with van der Waals surface area (Å²) in [6, 6.07) is 20.0. The van der Waals surface area contributed by atoms with E-state index in [1.54, 1.807) is 26.4 Å². The van der Waals surface area contributed by atoms with Crippen LogP contribution in [0.15, 0.2) is 66.7 Å². The second kappa shape index (κ2) is 9.35. The number of nitrogens with zero attached hydrogens (tertiary/aromatic N) is 2. The molecule has 1 aliphatic heterocycles. The quantitative estimate of drug-likeness (QED) is 0.370. The SMILES string of the molecule is COc1ccc(CCN2C(=O)c3[nH]nc(-c4cc(Cl)ccc4O)c3C2c2ccccc2)cc1OC. The van der Waals surface area contributed by atoms with Crippen LogP contribution >= 0.6 is 11.6 Å².